The van der Waals surface area contributed by atoms with Crippen molar-refractivity contribution in [3.05, 3.63) is 18.0 Å². The molecule has 1 fully saturated rings. The molecule has 1 unspecified atom stereocenters. The third-order valence-corrected chi connectivity index (χ3v) is 4.26. The number of nitrogens with zero attached hydrogens (tertiary/aromatic N) is 7. The Bertz CT molecular complexity index is 688. The highest BCUT2D eigenvalue weighted by Gasteiger charge is 2.27. The molecule has 3 rings (SSSR count). The average molecular weight is 345 g/mol. The lowest BCUT2D eigenvalue weighted by Crippen LogP contribution is -2.47. The van der Waals surface area contributed by atoms with E-state index in [2.05, 4.69) is 34.7 Å². The van der Waals surface area contributed by atoms with Crippen LogP contribution in [-0.2, 0) is 0 Å². The molecule has 1 saturated heterocycles. The van der Waals surface area contributed by atoms with Crippen molar-refractivity contribution in [3.63, 3.8) is 0 Å². The Morgan fingerprint density at radius 1 is 1.08 bits per heavy atom. The predicted molar refractivity (Wildman–Crippen MR) is 93.3 cm³/mol. The first kappa shape index (κ1) is 17.1. The van der Waals surface area contributed by atoms with E-state index in [9.17, 15) is 0 Å². The van der Waals surface area contributed by atoms with Gasteiger partial charge in [0.15, 0.2) is 0 Å². The van der Waals surface area contributed by atoms with Gasteiger partial charge in [-0.15, -0.1) is 4.98 Å². The number of hydrogen-bond donors (Lipinski definition) is 0. The monoisotopic (exact) mass is 345 g/mol. The van der Waals surface area contributed by atoms with Gasteiger partial charge in [0.2, 0.25) is 11.9 Å². The second kappa shape index (κ2) is 7.45. The first-order chi connectivity index (χ1) is 12.1. The lowest BCUT2D eigenvalue weighted by molar-refractivity contribution is 0.338. The molecule has 0 spiro atoms. The van der Waals surface area contributed by atoms with Gasteiger partial charge in [0.1, 0.15) is 0 Å². The van der Waals surface area contributed by atoms with Crippen LogP contribution in [0.15, 0.2) is 12.4 Å². The molecule has 0 bridgehead atoms. The van der Waals surface area contributed by atoms with Crippen molar-refractivity contribution in [1.29, 1.82) is 0 Å². The fraction of sp³-hybridized carbons (Fsp3) is 0.562. The van der Waals surface area contributed by atoms with Crippen LogP contribution < -0.4 is 19.3 Å². The summed E-state index contributed by atoms with van der Waals surface area (Å²) in [7, 11) is 5.08. The van der Waals surface area contributed by atoms with Gasteiger partial charge >= 0.3 is 12.0 Å². The molecule has 1 atom stereocenters. The van der Waals surface area contributed by atoms with Crippen LogP contribution in [0.4, 0.5) is 11.9 Å². The molecule has 0 amide bonds. The number of rotatable bonds is 5. The Hall–Kier alpha value is -2.71. The van der Waals surface area contributed by atoms with Gasteiger partial charge in [-0.2, -0.15) is 9.97 Å². The van der Waals surface area contributed by atoms with E-state index in [-0.39, 0.29) is 18.1 Å². The highest BCUT2D eigenvalue weighted by Crippen LogP contribution is 2.23. The van der Waals surface area contributed by atoms with Gasteiger partial charge in [-0.3, -0.25) is 0 Å². The minimum Gasteiger partial charge on any atom is -0.467 e. The van der Waals surface area contributed by atoms with E-state index in [4.69, 9.17) is 9.47 Å². The van der Waals surface area contributed by atoms with E-state index >= 15 is 0 Å². The Morgan fingerprint density at radius 2 is 1.72 bits per heavy atom. The van der Waals surface area contributed by atoms with Gasteiger partial charge < -0.3 is 19.3 Å². The van der Waals surface area contributed by atoms with E-state index in [1.807, 2.05) is 26.4 Å². The maximum atomic E-state index is 5.14. The third kappa shape index (κ3) is 3.86. The maximum Gasteiger partial charge on any atom is 0.324 e. The second-order valence-electron chi connectivity index (χ2n) is 6.02. The molecule has 1 aliphatic rings. The quantitative estimate of drug-likeness (QED) is 0.790. The number of piperidine rings is 1. The van der Waals surface area contributed by atoms with Crippen molar-refractivity contribution in [2.45, 2.75) is 25.8 Å². The molecule has 0 aliphatic carbocycles. The van der Waals surface area contributed by atoms with Gasteiger partial charge in [0, 0.05) is 38.6 Å². The second-order valence-corrected chi connectivity index (χ2v) is 6.02. The summed E-state index contributed by atoms with van der Waals surface area (Å²) in [6, 6.07) is 0.767. The average Bonchev–Trinajstić information content (AvgIpc) is 2.67. The van der Waals surface area contributed by atoms with Gasteiger partial charge in [-0.05, 0) is 25.3 Å². The molecule has 3 heterocycles. The molecule has 134 valence electrons. The first-order valence-corrected chi connectivity index (χ1v) is 8.21. The third-order valence-electron chi connectivity index (χ3n) is 4.26. The minimum atomic E-state index is 0.249. The van der Waals surface area contributed by atoms with Crippen molar-refractivity contribution in [3.8, 4) is 12.0 Å². The fourth-order valence-electron chi connectivity index (χ4n) is 2.84. The van der Waals surface area contributed by atoms with Gasteiger partial charge in [0.25, 0.3) is 0 Å². The molecule has 0 saturated carbocycles. The van der Waals surface area contributed by atoms with Gasteiger partial charge in [-0.25, -0.2) is 9.97 Å². The SMILES string of the molecule is COc1nc(OC)nc(N2CCCC(N(C)c3ncc(C)cn3)C2)n1. The number of aromatic nitrogens is 5. The molecular weight excluding hydrogens is 322 g/mol. The summed E-state index contributed by atoms with van der Waals surface area (Å²) in [5.41, 5.74) is 1.05. The Labute approximate surface area is 147 Å². The van der Waals surface area contributed by atoms with Crippen molar-refractivity contribution >= 4 is 11.9 Å². The van der Waals surface area contributed by atoms with Gasteiger partial charge in [-0.1, -0.05) is 0 Å². The predicted octanol–water partition coefficient (Wildman–Crippen LogP) is 1.09. The number of hydrogen-bond acceptors (Lipinski definition) is 9. The molecule has 1 aliphatic heterocycles. The summed E-state index contributed by atoms with van der Waals surface area (Å²) >= 11 is 0. The lowest BCUT2D eigenvalue weighted by Gasteiger charge is -2.37. The van der Waals surface area contributed by atoms with E-state index in [0.29, 0.717) is 5.95 Å². The van der Waals surface area contributed by atoms with Crippen LogP contribution in [0.25, 0.3) is 0 Å². The van der Waals surface area contributed by atoms with E-state index in [1.54, 1.807) is 0 Å². The standard InChI is InChI=1S/C16H23N7O2/c1-11-8-17-13(18-9-11)22(2)12-6-5-7-23(10-12)14-19-15(24-3)21-16(20-14)25-4/h8-9,12H,5-7,10H2,1-4H3. The van der Waals surface area contributed by atoms with Gasteiger partial charge in [0.05, 0.1) is 14.2 Å². The van der Waals surface area contributed by atoms with Crippen molar-refractivity contribution in [2.24, 2.45) is 0 Å². The summed E-state index contributed by atoms with van der Waals surface area (Å²) in [4.78, 5) is 25.8. The maximum absolute atomic E-state index is 5.14. The van der Waals surface area contributed by atoms with E-state index in [1.165, 1.54) is 14.2 Å². The lowest BCUT2D eigenvalue weighted by atomic mass is 10.1. The Morgan fingerprint density at radius 3 is 2.32 bits per heavy atom. The summed E-state index contributed by atoms with van der Waals surface area (Å²) in [6.45, 7) is 3.62. The number of methoxy groups -OCH3 is 2. The summed E-state index contributed by atoms with van der Waals surface area (Å²) < 4.78 is 10.3. The van der Waals surface area contributed by atoms with Crippen molar-refractivity contribution in [2.75, 3.05) is 44.2 Å². The fourth-order valence-corrected chi connectivity index (χ4v) is 2.84. The van der Waals surface area contributed by atoms with Crippen LogP contribution in [0.2, 0.25) is 0 Å². The van der Waals surface area contributed by atoms with Crippen molar-refractivity contribution < 1.29 is 9.47 Å². The Balaban J connectivity index is 1.77. The minimum absolute atomic E-state index is 0.249. The zero-order valence-corrected chi connectivity index (χ0v) is 15.0. The molecule has 25 heavy (non-hydrogen) atoms. The molecule has 9 heteroatoms. The zero-order valence-electron chi connectivity index (χ0n) is 15.0. The Kier molecular flexibility index (Phi) is 5.11. The van der Waals surface area contributed by atoms with Crippen LogP contribution in [0.1, 0.15) is 18.4 Å². The molecule has 0 aromatic carbocycles. The summed E-state index contributed by atoms with van der Waals surface area (Å²) in [6.07, 6.45) is 5.75. The van der Waals surface area contributed by atoms with Crippen molar-refractivity contribution in [1.82, 2.24) is 24.9 Å². The summed E-state index contributed by atoms with van der Waals surface area (Å²) in [5.74, 6) is 1.29. The van der Waals surface area contributed by atoms with Crippen LogP contribution >= 0.6 is 0 Å². The number of likely N-dealkylation sites (N-methyl/N-ethyl adjacent to an activating group) is 1. The van der Waals surface area contributed by atoms with Crippen LogP contribution in [0, 0.1) is 6.92 Å². The van der Waals surface area contributed by atoms with Crippen LogP contribution in [0.3, 0.4) is 0 Å². The van der Waals surface area contributed by atoms with Crippen LogP contribution in [-0.4, -0.2) is 65.3 Å². The normalized spacial score (nSPS) is 17.3. The molecule has 0 radical (unpaired) electrons. The van der Waals surface area contributed by atoms with E-state index < -0.39 is 0 Å². The van der Waals surface area contributed by atoms with Crippen LogP contribution in [0.5, 0.6) is 12.0 Å². The molecule has 2 aromatic heterocycles. The van der Waals surface area contributed by atoms with E-state index in [0.717, 1.165) is 37.4 Å². The summed E-state index contributed by atoms with van der Waals surface area (Å²) in [5, 5.41) is 0. The molecular formula is C16H23N7O2. The topological polar surface area (TPSA) is 89.4 Å². The number of ether oxygens (including phenoxy) is 2. The first-order valence-electron chi connectivity index (χ1n) is 8.21. The molecule has 0 N–H and O–H groups in total. The highest BCUT2D eigenvalue weighted by molar-refractivity contribution is 5.37. The zero-order chi connectivity index (χ0) is 17.8. The molecule has 9 nitrogen and oxygen atoms in total. The smallest absolute Gasteiger partial charge is 0.324 e. The molecule has 2 aromatic rings. The number of aryl methyl sites for hydroxylation is 1. The number of anilines is 2. The highest BCUT2D eigenvalue weighted by atomic mass is 16.5. The largest absolute Gasteiger partial charge is 0.467 e.